The molecule has 0 saturated carbocycles. The smallest absolute Gasteiger partial charge is 0.314 e. The Morgan fingerprint density at radius 1 is 0.829 bits per heavy atom. The molecule has 0 aliphatic rings. The van der Waals surface area contributed by atoms with Crippen molar-refractivity contribution >= 4 is 5.97 Å². The van der Waals surface area contributed by atoms with Crippen LogP contribution in [0.3, 0.4) is 0 Å². The molecule has 1 atom stereocenters. The maximum Gasteiger partial charge on any atom is 0.314 e. The van der Waals surface area contributed by atoms with Crippen molar-refractivity contribution in [1.29, 1.82) is 0 Å². The molecule has 4 heteroatoms. The van der Waals surface area contributed by atoms with Gasteiger partial charge in [-0.3, -0.25) is 4.79 Å². The summed E-state index contributed by atoms with van der Waals surface area (Å²) in [4.78, 5) is 12.6. The second-order valence-electron chi connectivity index (χ2n) is 10.3. The predicted molar refractivity (Wildman–Crippen MR) is 145 cm³/mol. The first-order valence-corrected chi connectivity index (χ1v) is 13.7. The minimum Gasteiger partial charge on any atom is -0.455 e. The van der Waals surface area contributed by atoms with Crippen molar-refractivity contribution in [3.05, 3.63) is 65.7 Å². The van der Waals surface area contributed by atoms with Crippen LogP contribution in [0.2, 0.25) is 0 Å². The number of carbonyl (C=O) groups is 1. The van der Waals surface area contributed by atoms with E-state index in [0.29, 0.717) is 12.8 Å². The zero-order valence-electron chi connectivity index (χ0n) is 22.6. The highest BCUT2D eigenvalue weighted by Gasteiger charge is 2.21. The van der Waals surface area contributed by atoms with Crippen LogP contribution in [0.15, 0.2) is 54.6 Å². The van der Waals surface area contributed by atoms with E-state index in [9.17, 15) is 4.79 Å². The fourth-order valence-corrected chi connectivity index (χ4v) is 4.36. The van der Waals surface area contributed by atoms with Gasteiger partial charge in [-0.2, -0.15) is 0 Å². The van der Waals surface area contributed by atoms with E-state index in [1.54, 1.807) is 0 Å². The average molecular weight is 483 g/mol. The van der Waals surface area contributed by atoms with Gasteiger partial charge in [-0.05, 0) is 24.5 Å². The van der Waals surface area contributed by atoms with Gasteiger partial charge in [0, 0.05) is 12.0 Å². The van der Waals surface area contributed by atoms with Crippen LogP contribution in [-0.4, -0.2) is 37.4 Å². The van der Waals surface area contributed by atoms with Crippen LogP contribution < -0.4 is 4.74 Å². The maximum atomic E-state index is 12.6. The summed E-state index contributed by atoms with van der Waals surface area (Å²) in [5.41, 5.74) is 2.47. The lowest BCUT2D eigenvalue weighted by molar-refractivity contribution is -0.903. The fraction of sp³-hybridized carbons (Fsp3) is 0.581. The number of rotatable bonds is 18. The molecule has 0 radical (unpaired) electrons. The molecule has 0 amide bonds. The maximum absolute atomic E-state index is 12.6. The largest absolute Gasteiger partial charge is 0.455 e. The van der Waals surface area contributed by atoms with Crippen molar-refractivity contribution in [2.75, 3.05) is 20.6 Å². The molecule has 0 saturated heterocycles. The Bertz CT molecular complexity index is 834. The fourth-order valence-electron chi connectivity index (χ4n) is 4.36. The highest BCUT2D eigenvalue weighted by molar-refractivity contribution is 5.69. The topological polar surface area (TPSA) is 35.5 Å². The van der Waals surface area contributed by atoms with Crippen LogP contribution in [-0.2, 0) is 22.5 Å². The number of nitrogens with zero attached hydrogens (tertiary/aromatic N) is 1. The highest BCUT2D eigenvalue weighted by atomic mass is 16.7. The predicted octanol–water partition coefficient (Wildman–Crippen LogP) is 7.69. The Labute approximate surface area is 214 Å². The van der Waals surface area contributed by atoms with Gasteiger partial charge in [-0.15, -0.1) is 0 Å². The summed E-state index contributed by atoms with van der Waals surface area (Å²) in [5, 5.41) is 0. The number of unbranched alkanes of at least 4 members (excludes halogenated alkanes) is 7. The molecule has 2 rings (SSSR count). The molecular weight excluding hydrogens is 434 g/mol. The zero-order chi connectivity index (χ0) is 25.4. The van der Waals surface area contributed by atoms with Gasteiger partial charge in [0.1, 0.15) is 12.3 Å². The number of ether oxygens (including phenoxy) is 2. The lowest BCUT2D eigenvalue weighted by atomic mass is 10.0. The number of benzene rings is 2. The summed E-state index contributed by atoms with van der Waals surface area (Å²) in [5.74, 6) is 0.645. The van der Waals surface area contributed by atoms with Crippen LogP contribution in [0.5, 0.6) is 5.75 Å². The average Bonchev–Trinajstić information content (AvgIpc) is 2.85. The van der Waals surface area contributed by atoms with Gasteiger partial charge in [0.2, 0.25) is 6.29 Å². The van der Waals surface area contributed by atoms with Gasteiger partial charge in [0.05, 0.1) is 27.1 Å². The van der Waals surface area contributed by atoms with Crippen molar-refractivity contribution in [2.45, 2.75) is 97.3 Å². The Kier molecular flexibility index (Phi) is 13.5. The summed E-state index contributed by atoms with van der Waals surface area (Å²) in [6, 6.07) is 18.6. The second-order valence-corrected chi connectivity index (χ2v) is 10.3. The Morgan fingerprint density at radius 3 is 2.14 bits per heavy atom. The van der Waals surface area contributed by atoms with Gasteiger partial charge >= 0.3 is 5.97 Å². The van der Waals surface area contributed by atoms with Crippen molar-refractivity contribution in [3.8, 4) is 5.75 Å². The summed E-state index contributed by atoms with van der Waals surface area (Å²) in [7, 11) is 4.30. The van der Waals surface area contributed by atoms with E-state index in [1.807, 2.05) is 25.1 Å². The van der Waals surface area contributed by atoms with Crippen LogP contribution in [0.1, 0.15) is 89.2 Å². The second kappa shape index (κ2) is 16.4. The standard InChI is InChI=1S/C31H48NO3/c1-5-7-8-9-10-11-12-16-21-28-22-17-18-23-29(28)34-31(6-2)35-30(33)24-25-32(3,4)26-27-19-14-13-15-20-27/h13-15,17-20,22-23,31H,5-12,16,21,24-26H2,1-4H3/q+1. The molecule has 2 aromatic carbocycles. The van der Waals surface area contributed by atoms with E-state index in [-0.39, 0.29) is 5.97 Å². The highest BCUT2D eigenvalue weighted by Crippen LogP contribution is 2.23. The van der Waals surface area contributed by atoms with E-state index in [1.165, 1.54) is 62.5 Å². The Balaban J connectivity index is 1.77. The lowest BCUT2D eigenvalue weighted by Gasteiger charge is -2.30. The Morgan fingerprint density at radius 2 is 1.46 bits per heavy atom. The summed E-state index contributed by atoms with van der Waals surface area (Å²) in [6.45, 7) is 5.86. The molecule has 0 heterocycles. The summed E-state index contributed by atoms with van der Waals surface area (Å²) < 4.78 is 12.6. The van der Waals surface area contributed by atoms with Gasteiger partial charge in [0.25, 0.3) is 0 Å². The van der Waals surface area contributed by atoms with Crippen LogP contribution in [0.4, 0.5) is 0 Å². The summed E-state index contributed by atoms with van der Waals surface area (Å²) in [6.07, 6.45) is 11.9. The minimum absolute atomic E-state index is 0.198. The van der Waals surface area contributed by atoms with Crippen molar-refractivity contribution < 1.29 is 18.8 Å². The van der Waals surface area contributed by atoms with Gasteiger partial charge in [-0.1, -0.05) is 107 Å². The first-order valence-electron chi connectivity index (χ1n) is 13.7. The zero-order valence-corrected chi connectivity index (χ0v) is 22.6. The van der Waals surface area contributed by atoms with Gasteiger partial charge in [0.15, 0.2) is 0 Å². The number of para-hydroxylation sites is 1. The first kappa shape index (κ1) is 28.9. The van der Waals surface area contributed by atoms with Crippen LogP contribution in [0, 0.1) is 0 Å². The third kappa shape index (κ3) is 12.3. The molecule has 1 unspecified atom stereocenters. The van der Waals surface area contributed by atoms with E-state index in [0.717, 1.165) is 29.7 Å². The molecule has 194 valence electrons. The molecule has 2 aromatic rings. The number of hydrogen-bond donors (Lipinski definition) is 0. The van der Waals surface area contributed by atoms with Crippen molar-refractivity contribution in [3.63, 3.8) is 0 Å². The minimum atomic E-state index is -0.549. The quantitative estimate of drug-likeness (QED) is 0.0945. The van der Waals surface area contributed by atoms with Crippen molar-refractivity contribution in [1.82, 2.24) is 0 Å². The van der Waals surface area contributed by atoms with Crippen LogP contribution in [0.25, 0.3) is 0 Å². The van der Waals surface area contributed by atoms with Gasteiger partial charge in [-0.25, -0.2) is 0 Å². The van der Waals surface area contributed by atoms with E-state index >= 15 is 0 Å². The molecule has 0 N–H and O–H groups in total. The van der Waals surface area contributed by atoms with Crippen molar-refractivity contribution in [2.24, 2.45) is 0 Å². The molecule has 0 aliphatic heterocycles. The number of esters is 1. The third-order valence-corrected chi connectivity index (χ3v) is 6.50. The van der Waals surface area contributed by atoms with E-state index in [2.05, 4.69) is 57.4 Å². The molecule has 0 spiro atoms. The monoisotopic (exact) mass is 482 g/mol. The molecule has 0 aliphatic carbocycles. The molecule has 0 fully saturated rings. The molecule has 35 heavy (non-hydrogen) atoms. The number of aryl methyl sites for hydroxylation is 1. The normalized spacial score (nSPS) is 12.3. The Hall–Kier alpha value is -2.33. The van der Waals surface area contributed by atoms with E-state index in [4.69, 9.17) is 9.47 Å². The first-order chi connectivity index (χ1) is 16.9. The molecular formula is C31H48NO3+. The third-order valence-electron chi connectivity index (χ3n) is 6.50. The molecule has 0 aromatic heterocycles. The SMILES string of the molecule is CCCCCCCCCCc1ccccc1OC(CC)OC(=O)CC[N+](C)(C)Cc1ccccc1. The number of carbonyl (C=O) groups excluding carboxylic acids is 1. The number of hydrogen-bond acceptors (Lipinski definition) is 3. The summed E-state index contributed by atoms with van der Waals surface area (Å²) >= 11 is 0. The lowest BCUT2D eigenvalue weighted by Crippen LogP contribution is -2.41. The molecule has 0 bridgehead atoms. The van der Waals surface area contributed by atoms with Gasteiger partial charge < -0.3 is 14.0 Å². The molecule has 4 nitrogen and oxygen atoms in total. The van der Waals surface area contributed by atoms with Crippen LogP contribution >= 0.6 is 0 Å². The number of quaternary nitrogens is 1. The van der Waals surface area contributed by atoms with E-state index < -0.39 is 6.29 Å².